The zero-order valence-corrected chi connectivity index (χ0v) is 15.9. The molecule has 1 aliphatic rings. The number of halogens is 4. The lowest BCUT2D eigenvalue weighted by atomic mass is 10.0. The van der Waals surface area contributed by atoms with Crippen molar-refractivity contribution in [1.29, 1.82) is 0 Å². The van der Waals surface area contributed by atoms with E-state index in [9.17, 15) is 18.0 Å². The molecule has 1 aromatic rings. The molecule has 144 valence electrons. The van der Waals surface area contributed by atoms with Crippen molar-refractivity contribution in [1.82, 2.24) is 10.6 Å². The van der Waals surface area contributed by atoms with Gasteiger partial charge in [0, 0.05) is 10.1 Å². The van der Waals surface area contributed by atoms with Gasteiger partial charge in [-0.2, -0.15) is 13.2 Å². The van der Waals surface area contributed by atoms with E-state index < -0.39 is 36.4 Å². The third-order valence-corrected chi connectivity index (χ3v) is 4.57. The smallest absolute Gasteiger partial charge is 0.425 e. The van der Waals surface area contributed by atoms with Gasteiger partial charge in [0.1, 0.15) is 5.75 Å². The average Bonchev–Trinajstić information content (AvgIpc) is 2.55. The van der Waals surface area contributed by atoms with E-state index in [0.717, 1.165) is 6.92 Å². The molecular weight excluding hydrogens is 464 g/mol. The predicted molar refractivity (Wildman–Crippen MR) is 99.1 cm³/mol. The lowest BCUT2D eigenvalue weighted by Crippen LogP contribution is -2.58. The molecular formula is C16H20F3IN4O2. The first-order valence-corrected chi connectivity index (χ1v) is 8.65. The molecule has 0 fully saturated rings. The lowest BCUT2D eigenvalue weighted by molar-refractivity contribution is -0.189. The number of rotatable bonds is 5. The fourth-order valence-corrected chi connectivity index (χ4v) is 2.59. The Hall–Kier alpha value is -1.37. The molecule has 0 spiro atoms. The van der Waals surface area contributed by atoms with Crippen LogP contribution in [0, 0.1) is 5.92 Å². The third kappa shape index (κ3) is 5.56. The molecule has 0 radical (unpaired) electrons. The molecule has 26 heavy (non-hydrogen) atoms. The zero-order chi connectivity index (χ0) is 21.3. The van der Waals surface area contributed by atoms with Gasteiger partial charge in [0.25, 0.3) is 0 Å². The molecule has 1 aliphatic heterocycles. The Morgan fingerprint density at radius 3 is 2.62 bits per heavy atom. The highest BCUT2D eigenvalue weighted by Crippen LogP contribution is 2.25. The van der Waals surface area contributed by atoms with Crippen molar-refractivity contribution in [2.45, 2.75) is 38.0 Å². The summed E-state index contributed by atoms with van der Waals surface area (Å²) in [4.78, 5) is 12.4. The van der Waals surface area contributed by atoms with Crippen LogP contribution in [0.1, 0.15) is 15.2 Å². The Labute approximate surface area is 165 Å². The van der Waals surface area contributed by atoms with Gasteiger partial charge in [0.15, 0.2) is 6.10 Å². The van der Waals surface area contributed by atoms with Gasteiger partial charge in [-0.3, -0.25) is 10.1 Å². The van der Waals surface area contributed by atoms with Crippen molar-refractivity contribution in [3.63, 3.8) is 0 Å². The Morgan fingerprint density at radius 2 is 2.04 bits per heavy atom. The van der Waals surface area contributed by atoms with Crippen LogP contribution in [0.15, 0.2) is 33.9 Å². The van der Waals surface area contributed by atoms with Gasteiger partial charge in [-0.25, -0.2) is 0 Å². The minimum Gasteiger partial charge on any atom is -0.481 e. The maximum absolute atomic E-state index is 12.5. The molecule has 1 aromatic carbocycles. The zero-order valence-electron chi connectivity index (χ0n) is 15.7. The van der Waals surface area contributed by atoms with Crippen molar-refractivity contribution >= 4 is 28.5 Å². The van der Waals surface area contributed by atoms with Gasteiger partial charge in [0.2, 0.25) is 5.91 Å². The molecule has 0 saturated carbocycles. The number of alkyl halides is 3. The average molecular weight is 486 g/mol. The predicted octanol–water partition coefficient (Wildman–Crippen LogP) is 1.74. The van der Waals surface area contributed by atoms with Gasteiger partial charge in [-0.1, -0.05) is 18.2 Å². The topological polar surface area (TPSA) is 102 Å². The van der Waals surface area contributed by atoms with E-state index in [1.807, 2.05) is 0 Å². The fraction of sp³-hybridized carbons (Fsp3) is 0.438. The molecule has 2 rings (SSSR count). The standard InChI is InChI=1S/C16H20F3IN4O2/c1-8(16(17,18)19)26-10-4-2-9(3-5-10)7-23-15(25)11-6-12(20)14(22)24-13(11)21/h2-6,8,11,13-14,24H,7,21-22H2,1H3,(H,23,25)/t8?,11-,13?,14?/m1/s1/i13D,14D. The molecule has 0 saturated heterocycles. The summed E-state index contributed by atoms with van der Waals surface area (Å²) in [5.74, 6) is -1.59. The molecule has 0 aromatic heterocycles. The van der Waals surface area contributed by atoms with Crippen LogP contribution in [0.5, 0.6) is 5.75 Å². The number of nitrogens with two attached hydrogens (primary N) is 2. The number of nitrogens with one attached hydrogen (secondary N) is 2. The minimum atomic E-state index is -4.46. The Morgan fingerprint density at radius 1 is 1.42 bits per heavy atom. The number of carbonyl (C=O) groups is 1. The van der Waals surface area contributed by atoms with Crippen molar-refractivity contribution < 1.29 is 25.4 Å². The van der Waals surface area contributed by atoms with Crippen LogP contribution in [-0.2, 0) is 11.3 Å². The molecule has 6 nitrogen and oxygen atoms in total. The first kappa shape index (κ1) is 18.0. The number of hydrogen-bond acceptors (Lipinski definition) is 5. The van der Waals surface area contributed by atoms with E-state index in [2.05, 4.69) is 10.6 Å². The van der Waals surface area contributed by atoms with Crippen molar-refractivity contribution in [2.24, 2.45) is 17.4 Å². The van der Waals surface area contributed by atoms with Crippen LogP contribution in [0.25, 0.3) is 0 Å². The van der Waals surface area contributed by atoms with E-state index in [1.165, 1.54) is 30.3 Å². The maximum atomic E-state index is 12.5. The summed E-state index contributed by atoms with van der Waals surface area (Å²) in [5, 5.41) is 5.00. The monoisotopic (exact) mass is 486 g/mol. The van der Waals surface area contributed by atoms with Crippen LogP contribution >= 0.6 is 22.6 Å². The highest BCUT2D eigenvalue weighted by Gasteiger charge is 2.38. The number of amides is 1. The van der Waals surface area contributed by atoms with Crippen molar-refractivity contribution in [2.75, 3.05) is 0 Å². The number of ether oxygens (including phenoxy) is 1. The number of benzene rings is 1. The fourth-order valence-electron chi connectivity index (χ4n) is 2.09. The molecule has 0 aliphatic carbocycles. The Bertz CT molecular complexity index is 757. The summed E-state index contributed by atoms with van der Waals surface area (Å²) in [6.07, 6.45) is -8.76. The number of carbonyl (C=O) groups excluding carboxylic acids is 1. The summed E-state index contributed by atoms with van der Waals surface area (Å²) in [7, 11) is 0. The molecule has 6 N–H and O–H groups in total. The molecule has 1 amide bonds. The minimum absolute atomic E-state index is 0.0516. The highest BCUT2D eigenvalue weighted by atomic mass is 127. The van der Waals surface area contributed by atoms with E-state index >= 15 is 0 Å². The Kier molecular flexibility index (Phi) is 5.92. The molecule has 1 heterocycles. The Balaban J connectivity index is 1.99. The van der Waals surface area contributed by atoms with Crippen molar-refractivity contribution in [3.8, 4) is 5.75 Å². The highest BCUT2D eigenvalue weighted by molar-refractivity contribution is 14.1. The number of hydrogen-bond donors (Lipinski definition) is 4. The molecule has 3 unspecified atom stereocenters. The second-order valence-electron chi connectivity index (χ2n) is 5.65. The summed E-state index contributed by atoms with van der Waals surface area (Å²) < 4.78 is 58.5. The SMILES string of the molecule is [2H]C1(N)NC([2H])(N)[C@H](C(=O)NCc2ccc(OC(C)C(F)(F)F)cc2)C=C1I. The van der Waals surface area contributed by atoms with Gasteiger partial charge in [-0.05, 0) is 47.2 Å². The van der Waals surface area contributed by atoms with E-state index in [4.69, 9.17) is 18.9 Å². The molecule has 10 heteroatoms. The third-order valence-electron chi connectivity index (χ3n) is 3.63. The van der Waals surface area contributed by atoms with Gasteiger partial charge in [0.05, 0.1) is 20.9 Å². The van der Waals surface area contributed by atoms with Crippen LogP contribution in [-0.4, -0.2) is 30.5 Å². The quantitative estimate of drug-likeness (QED) is 0.475. The normalized spacial score (nSPS) is 31.3. The van der Waals surface area contributed by atoms with E-state index in [-0.39, 0.29) is 12.3 Å². The molecule has 4 atom stereocenters. The maximum Gasteiger partial charge on any atom is 0.425 e. The second kappa shape index (κ2) is 8.55. The van der Waals surface area contributed by atoms with Crippen molar-refractivity contribution in [3.05, 3.63) is 39.5 Å². The van der Waals surface area contributed by atoms with Gasteiger partial charge in [-0.15, -0.1) is 0 Å². The lowest BCUT2D eigenvalue weighted by Gasteiger charge is -2.30. The van der Waals surface area contributed by atoms with Crippen LogP contribution < -0.4 is 26.8 Å². The summed E-state index contributed by atoms with van der Waals surface area (Å²) >= 11 is 1.80. The van der Waals surface area contributed by atoms with Gasteiger partial charge >= 0.3 is 6.18 Å². The summed E-state index contributed by atoms with van der Waals surface area (Å²) in [5.41, 5.74) is 12.0. The van der Waals surface area contributed by atoms with Crippen LogP contribution in [0.2, 0.25) is 0 Å². The first-order chi connectivity index (χ1) is 12.7. The largest absolute Gasteiger partial charge is 0.481 e. The molecule has 0 bridgehead atoms. The van der Waals surface area contributed by atoms with Crippen LogP contribution in [0.3, 0.4) is 0 Å². The summed E-state index contributed by atoms with van der Waals surface area (Å²) in [6.45, 7) is 0.980. The first-order valence-electron chi connectivity index (χ1n) is 8.57. The summed E-state index contributed by atoms with van der Waals surface area (Å²) in [6, 6.07) is 5.77. The second-order valence-corrected chi connectivity index (χ2v) is 6.81. The van der Waals surface area contributed by atoms with E-state index in [0.29, 0.717) is 9.14 Å². The van der Waals surface area contributed by atoms with Gasteiger partial charge < -0.3 is 21.5 Å². The van der Waals surface area contributed by atoms with Crippen LogP contribution in [0.4, 0.5) is 13.2 Å². The van der Waals surface area contributed by atoms with E-state index in [1.54, 1.807) is 22.6 Å².